The molecule has 6 N–H and O–H groups in total. The highest BCUT2D eigenvalue weighted by Gasteiger charge is 2.65. The molecule has 3 atom stereocenters. The van der Waals surface area contributed by atoms with Crippen molar-refractivity contribution in [2.24, 2.45) is 5.73 Å². The maximum atomic E-state index is 13.1. The van der Waals surface area contributed by atoms with Crippen molar-refractivity contribution in [2.45, 2.75) is 41.2 Å². The minimum absolute atomic E-state index is 0.0551. The predicted molar refractivity (Wildman–Crippen MR) is 122 cm³/mol. The average Bonchev–Trinajstić information content (AvgIpc) is 2.81. The van der Waals surface area contributed by atoms with Crippen LogP contribution in [0, 0.1) is 0 Å². The number of pyridine rings is 1. The average molecular weight is 510 g/mol. The topological polar surface area (TPSA) is 192 Å². The number of hydrogen-bond donors (Lipinski definition) is 5. The molecule has 3 heterocycles. The summed E-state index contributed by atoms with van der Waals surface area (Å²) in [5.74, 6) is -3.22. The third-order valence-corrected chi connectivity index (χ3v) is 7.77. The fraction of sp³-hybridized carbons (Fsp3) is 0.400. The van der Waals surface area contributed by atoms with E-state index in [0.717, 1.165) is 9.80 Å². The van der Waals surface area contributed by atoms with Gasteiger partial charge in [-0.15, -0.1) is 23.5 Å². The lowest BCUT2D eigenvalue weighted by molar-refractivity contribution is -0.162. The van der Waals surface area contributed by atoms with Crippen LogP contribution in [-0.4, -0.2) is 78.8 Å². The van der Waals surface area contributed by atoms with Crippen molar-refractivity contribution >= 4 is 53.7 Å². The summed E-state index contributed by atoms with van der Waals surface area (Å²) < 4.78 is 0. The summed E-state index contributed by atoms with van der Waals surface area (Å²) in [7, 11) is 0. The van der Waals surface area contributed by atoms with E-state index in [1.54, 1.807) is 24.5 Å². The molecule has 3 rings (SSSR count). The Balaban J connectivity index is 1.73. The van der Waals surface area contributed by atoms with Crippen LogP contribution in [0.2, 0.25) is 0 Å². The number of fused-ring (bicyclic) bond motifs is 1. The number of thioether (sulfide) groups is 2. The Morgan fingerprint density at radius 3 is 2.68 bits per heavy atom. The fourth-order valence-electron chi connectivity index (χ4n) is 3.60. The molecule has 182 valence electrons. The van der Waals surface area contributed by atoms with Gasteiger partial charge in [-0.25, -0.2) is 4.79 Å². The van der Waals surface area contributed by atoms with Gasteiger partial charge in [-0.2, -0.15) is 0 Å². The molecule has 34 heavy (non-hydrogen) atoms. The van der Waals surface area contributed by atoms with Crippen LogP contribution in [0.4, 0.5) is 0 Å². The molecule has 3 unspecified atom stereocenters. The van der Waals surface area contributed by atoms with E-state index in [0.29, 0.717) is 11.3 Å². The van der Waals surface area contributed by atoms with Crippen LogP contribution in [-0.2, 0) is 24.0 Å². The lowest BCUT2D eigenvalue weighted by atomic mass is 9.94. The van der Waals surface area contributed by atoms with Gasteiger partial charge in [-0.1, -0.05) is 0 Å². The maximum absolute atomic E-state index is 13.1. The number of nitrogens with two attached hydrogens (primary N) is 1. The fourth-order valence-corrected chi connectivity index (χ4v) is 6.05. The van der Waals surface area contributed by atoms with Crippen molar-refractivity contribution < 1.29 is 34.2 Å². The van der Waals surface area contributed by atoms with Gasteiger partial charge in [-0.3, -0.25) is 29.1 Å². The van der Waals surface area contributed by atoms with Crippen LogP contribution in [0.3, 0.4) is 0 Å². The summed E-state index contributed by atoms with van der Waals surface area (Å²) in [6.45, 7) is 0. The van der Waals surface area contributed by atoms with E-state index in [9.17, 15) is 29.1 Å². The zero-order valence-corrected chi connectivity index (χ0v) is 19.4. The number of nitrogens with one attached hydrogen (secondary N) is 2. The number of nitrogens with zero attached hydrogens (tertiary/aromatic N) is 2. The molecule has 12 nitrogen and oxygen atoms in total. The Bertz CT molecular complexity index is 1020. The van der Waals surface area contributed by atoms with Gasteiger partial charge in [0.15, 0.2) is 0 Å². The van der Waals surface area contributed by atoms with E-state index in [1.165, 1.54) is 23.5 Å². The number of rotatable bonds is 12. The molecule has 0 saturated carbocycles. The second kappa shape index (κ2) is 10.9. The van der Waals surface area contributed by atoms with Crippen molar-refractivity contribution in [3.05, 3.63) is 35.8 Å². The van der Waals surface area contributed by atoms with E-state index in [2.05, 4.69) is 15.6 Å². The molecule has 0 bridgehead atoms. The molecular weight excluding hydrogens is 486 g/mol. The van der Waals surface area contributed by atoms with Crippen LogP contribution in [0.5, 0.6) is 0 Å². The number of β-lactam (4-membered cyclic amide) rings is 1. The van der Waals surface area contributed by atoms with Crippen molar-refractivity contribution in [1.82, 2.24) is 20.5 Å². The summed E-state index contributed by atoms with van der Waals surface area (Å²) in [5.41, 5.74) is 4.01. The van der Waals surface area contributed by atoms with Crippen molar-refractivity contribution in [3.63, 3.8) is 0 Å². The van der Waals surface area contributed by atoms with Gasteiger partial charge in [0.2, 0.25) is 18.0 Å². The summed E-state index contributed by atoms with van der Waals surface area (Å²) in [6.07, 6.45) is 3.61. The third kappa shape index (κ3) is 5.18. The lowest BCUT2D eigenvalue weighted by Gasteiger charge is -2.56. The Kier molecular flexibility index (Phi) is 8.17. The number of carbonyl (C=O) groups is 5. The van der Waals surface area contributed by atoms with Crippen LogP contribution in [0.15, 0.2) is 40.7 Å². The Hall–Kier alpha value is -3.10. The lowest BCUT2D eigenvalue weighted by Crippen LogP contribution is -2.85. The second-order valence-corrected chi connectivity index (χ2v) is 9.64. The van der Waals surface area contributed by atoms with Crippen LogP contribution in [0.25, 0.3) is 0 Å². The number of carboxylic acids is 2. The second-order valence-electron chi connectivity index (χ2n) is 7.52. The van der Waals surface area contributed by atoms with E-state index >= 15 is 0 Å². The molecule has 0 spiro atoms. The highest BCUT2D eigenvalue weighted by Crippen LogP contribution is 2.45. The smallest absolute Gasteiger partial charge is 0.352 e. The van der Waals surface area contributed by atoms with Crippen LogP contribution in [0.1, 0.15) is 19.3 Å². The summed E-state index contributed by atoms with van der Waals surface area (Å²) in [5, 5.41) is 22.7. The van der Waals surface area contributed by atoms with Crippen molar-refractivity contribution in [2.75, 3.05) is 11.5 Å². The number of aliphatic carboxylic acids is 2. The Morgan fingerprint density at radius 1 is 1.35 bits per heavy atom. The number of hydrogen-bond acceptors (Lipinski definition) is 9. The Labute approximate surface area is 202 Å². The highest BCUT2D eigenvalue weighted by molar-refractivity contribution is 8.01. The zero-order chi connectivity index (χ0) is 24.9. The number of carboxylic acid groups (broad SMARTS) is 2. The minimum atomic E-state index is -1.79. The van der Waals surface area contributed by atoms with E-state index in [4.69, 9.17) is 10.8 Å². The van der Waals surface area contributed by atoms with E-state index in [1.807, 2.05) is 0 Å². The van der Waals surface area contributed by atoms with Gasteiger partial charge >= 0.3 is 11.9 Å². The standard InChI is InChI=1S/C20H23N5O7S2/c21-13(16(28)29)2-1-3-14(27)24-20(23-10-26)18(32)25-15(17(30)31)11(9-34-19(20)25)8-33-12-4-6-22-7-5-12/h4-7,10,13,19H,1-3,8-9,21H2,(H,23,26)(H,24,27)(H,28,29)(H,30,31). The highest BCUT2D eigenvalue weighted by atomic mass is 32.2. The molecule has 2 aliphatic rings. The quantitative estimate of drug-likeness (QED) is 0.106. The largest absolute Gasteiger partial charge is 0.480 e. The van der Waals surface area contributed by atoms with E-state index < -0.39 is 40.8 Å². The summed E-state index contributed by atoms with van der Waals surface area (Å²) in [6, 6.07) is 2.46. The molecule has 1 aromatic rings. The number of carbonyl (C=O) groups excluding carboxylic acids is 3. The van der Waals surface area contributed by atoms with E-state index in [-0.39, 0.29) is 37.1 Å². The van der Waals surface area contributed by atoms with Gasteiger partial charge in [0, 0.05) is 35.2 Å². The molecule has 3 amide bonds. The predicted octanol–water partition coefficient (Wildman–Crippen LogP) is -0.432. The molecule has 14 heteroatoms. The molecule has 1 fully saturated rings. The van der Waals surface area contributed by atoms with Gasteiger partial charge in [-0.05, 0) is 30.5 Å². The first kappa shape index (κ1) is 25.5. The molecule has 1 aromatic heterocycles. The maximum Gasteiger partial charge on any atom is 0.352 e. The molecule has 0 aromatic carbocycles. The van der Waals surface area contributed by atoms with Crippen LogP contribution < -0.4 is 16.4 Å². The van der Waals surface area contributed by atoms with Gasteiger partial charge < -0.3 is 26.6 Å². The van der Waals surface area contributed by atoms with Gasteiger partial charge in [0.05, 0.1) is 0 Å². The number of aromatic nitrogens is 1. The summed E-state index contributed by atoms with van der Waals surface area (Å²) >= 11 is 2.63. The molecule has 2 aliphatic heterocycles. The number of amides is 3. The monoisotopic (exact) mass is 509 g/mol. The summed E-state index contributed by atoms with van der Waals surface area (Å²) in [4.78, 5) is 65.6. The van der Waals surface area contributed by atoms with Crippen molar-refractivity contribution in [1.29, 1.82) is 0 Å². The zero-order valence-electron chi connectivity index (χ0n) is 17.8. The first-order valence-electron chi connectivity index (χ1n) is 10.2. The van der Waals surface area contributed by atoms with Gasteiger partial charge in [0.1, 0.15) is 17.1 Å². The normalized spacial score (nSPS) is 22.3. The first-order chi connectivity index (χ1) is 16.2. The SMILES string of the molecule is NC(CCCC(=O)NC1(NC=O)C(=O)N2C(C(=O)O)=C(CSc3ccncc3)CSC21)C(=O)O. The Morgan fingerprint density at radius 2 is 2.06 bits per heavy atom. The molecule has 1 saturated heterocycles. The van der Waals surface area contributed by atoms with Crippen molar-refractivity contribution in [3.8, 4) is 0 Å². The molecular formula is C20H23N5O7S2. The van der Waals surface area contributed by atoms with Gasteiger partial charge in [0.25, 0.3) is 5.91 Å². The third-order valence-electron chi connectivity index (χ3n) is 5.28. The first-order valence-corrected chi connectivity index (χ1v) is 12.2. The molecule has 0 radical (unpaired) electrons. The van der Waals surface area contributed by atoms with Crippen LogP contribution >= 0.6 is 23.5 Å². The molecule has 0 aliphatic carbocycles. The minimum Gasteiger partial charge on any atom is -0.480 e.